The van der Waals surface area contributed by atoms with Gasteiger partial charge in [-0.25, -0.2) is 9.97 Å². The topological polar surface area (TPSA) is 44.3 Å². The van der Waals surface area contributed by atoms with Crippen molar-refractivity contribution < 1.29 is 13.2 Å². The van der Waals surface area contributed by atoms with E-state index in [0.29, 0.717) is 12.5 Å². The molecule has 21 heavy (non-hydrogen) atoms. The molecule has 0 bridgehead atoms. The van der Waals surface area contributed by atoms with Crippen LogP contribution in [0.1, 0.15) is 6.92 Å². The fourth-order valence-electron chi connectivity index (χ4n) is 2.37. The predicted octanol–water partition coefficient (Wildman–Crippen LogP) is 1.14. The summed E-state index contributed by atoms with van der Waals surface area (Å²) < 4.78 is 36.3. The van der Waals surface area contributed by atoms with E-state index < -0.39 is 12.7 Å². The van der Waals surface area contributed by atoms with E-state index in [1.165, 1.54) is 0 Å². The standard InChI is InChI=1S/C13H20F3N5/c1-11(9-17-10-13(14,15)16)20-5-7-21(8-6-20)12-18-3-2-4-19-12/h2-4,11,17H,5-10H2,1H3. The molecule has 1 atom stereocenters. The molecule has 0 aliphatic carbocycles. The van der Waals surface area contributed by atoms with E-state index in [4.69, 9.17) is 0 Å². The van der Waals surface area contributed by atoms with E-state index >= 15 is 0 Å². The Morgan fingerprint density at radius 2 is 1.81 bits per heavy atom. The Hall–Kier alpha value is -1.41. The summed E-state index contributed by atoms with van der Waals surface area (Å²) in [5.74, 6) is 0.708. The van der Waals surface area contributed by atoms with Crippen molar-refractivity contribution in [2.24, 2.45) is 0 Å². The zero-order valence-corrected chi connectivity index (χ0v) is 12.0. The van der Waals surface area contributed by atoms with Gasteiger partial charge in [-0.3, -0.25) is 4.90 Å². The zero-order valence-electron chi connectivity index (χ0n) is 12.0. The van der Waals surface area contributed by atoms with E-state index in [9.17, 15) is 13.2 Å². The average molecular weight is 303 g/mol. The van der Waals surface area contributed by atoms with E-state index in [-0.39, 0.29) is 6.04 Å². The Morgan fingerprint density at radius 3 is 2.38 bits per heavy atom. The molecule has 1 fully saturated rings. The Morgan fingerprint density at radius 1 is 1.19 bits per heavy atom. The number of rotatable bonds is 5. The van der Waals surface area contributed by atoms with Crippen molar-refractivity contribution in [3.8, 4) is 0 Å². The van der Waals surface area contributed by atoms with Crippen LogP contribution < -0.4 is 10.2 Å². The summed E-state index contributed by atoms with van der Waals surface area (Å²) in [6.45, 7) is 4.51. The van der Waals surface area contributed by atoms with Crippen LogP contribution in [-0.2, 0) is 0 Å². The molecule has 8 heteroatoms. The molecular weight excluding hydrogens is 283 g/mol. The highest BCUT2D eigenvalue weighted by atomic mass is 19.4. The summed E-state index contributed by atoms with van der Waals surface area (Å²) in [5.41, 5.74) is 0. The summed E-state index contributed by atoms with van der Waals surface area (Å²) in [6.07, 6.45) is -0.736. The number of anilines is 1. The molecule has 5 nitrogen and oxygen atoms in total. The molecule has 1 saturated heterocycles. The highest BCUT2D eigenvalue weighted by Crippen LogP contribution is 2.13. The van der Waals surface area contributed by atoms with Crippen LogP contribution >= 0.6 is 0 Å². The van der Waals surface area contributed by atoms with Gasteiger partial charge in [0.15, 0.2) is 0 Å². The smallest absolute Gasteiger partial charge is 0.338 e. The van der Waals surface area contributed by atoms with E-state index in [1.807, 2.05) is 6.92 Å². The maximum absolute atomic E-state index is 12.1. The van der Waals surface area contributed by atoms with E-state index in [1.54, 1.807) is 18.5 Å². The number of halogens is 3. The minimum absolute atomic E-state index is 0.0752. The lowest BCUT2D eigenvalue weighted by molar-refractivity contribution is -0.125. The van der Waals surface area contributed by atoms with Crippen molar-refractivity contribution in [3.05, 3.63) is 18.5 Å². The quantitative estimate of drug-likeness (QED) is 0.884. The van der Waals surface area contributed by atoms with Crippen LogP contribution in [0.5, 0.6) is 0 Å². The number of alkyl halides is 3. The molecule has 1 aromatic heterocycles. The molecule has 0 radical (unpaired) electrons. The first kappa shape index (κ1) is 16.0. The monoisotopic (exact) mass is 303 g/mol. The maximum atomic E-state index is 12.1. The summed E-state index contributed by atoms with van der Waals surface area (Å²) >= 11 is 0. The van der Waals surface area contributed by atoms with Crippen LogP contribution in [0.15, 0.2) is 18.5 Å². The van der Waals surface area contributed by atoms with Gasteiger partial charge in [-0.1, -0.05) is 0 Å². The number of hydrogen-bond acceptors (Lipinski definition) is 5. The molecule has 1 aliphatic rings. The fourth-order valence-corrected chi connectivity index (χ4v) is 2.37. The molecule has 2 heterocycles. The second kappa shape index (κ2) is 7.04. The number of hydrogen-bond donors (Lipinski definition) is 1. The van der Waals surface area contributed by atoms with Crippen LogP contribution in [0.4, 0.5) is 19.1 Å². The lowest BCUT2D eigenvalue weighted by Crippen LogP contribution is -2.52. The Balaban J connectivity index is 1.73. The zero-order chi connectivity index (χ0) is 15.3. The first-order valence-corrected chi connectivity index (χ1v) is 6.99. The summed E-state index contributed by atoms with van der Waals surface area (Å²) in [6, 6.07) is 1.85. The third-order valence-electron chi connectivity index (χ3n) is 3.54. The van der Waals surface area contributed by atoms with Gasteiger partial charge in [0.1, 0.15) is 0 Å². The number of nitrogens with zero attached hydrogens (tertiary/aromatic N) is 4. The highest BCUT2D eigenvalue weighted by Gasteiger charge is 2.27. The molecule has 0 amide bonds. The van der Waals surface area contributed by atoms with Gasteiger partial charge < -0.3 is 10.2 Å². The van der Waals surface area contributed by atoms with Crippen molar-refractivity contribution in [3.63, 3.8) is 0 Å². The summed E-state index contributed by atoms with van der Waals surface area (Å²) in [5, 5.41) is 2.46. The maximum Gasteiger partial charge on any atom is 0.401 e. The largest absolute Gasteiger partial charge is 0.401 e. The van der Waals surface area contributed by atoms with Gasteiger partial charge in [-0.2, -0.15) is 13.2 Å². The minimum Gasteiger partial charge on any atom is -0.338 e. The van der Waals surface area contributed by atoms with Gasteiger partial charge in [-0.15, -0.1) is 0 Å². The lowest BCUT2D eigenvalue weighted by atomic mass is 10.2. The van der Waals surface area contributed by atoms with Crippen molar-refractivity contribution in [1.82, 2.24) is 20.2 Å². The van der Waals surface area contributed by atoms with Crippen molar-refractivity contribution in [1.29, 1.82) is 0 Å². The van der Waals surface area contributed by atoms with E-state index in [0.717, 1.165) is 26.2 Å². The second-order valence-electron chi connectivity index (χ2n) is 5.17. The van der Waals surface area contributed by atoms with Crippen LogP contribution in [-0.4, -0.2) is 66.4 Å². The third kappa shape index (κ3) is 5.13. The molecule has 118 valence electrons. The molecule has 0 saturated carbocycles. The van der Waals surface area contributed by atoms with Crippen molar-refractivity contribution in [2.45, 2.75) is 19.1 Å². The first-order chi connectivity index (χ1) is 9.96. The van der Waals surface area contributed by atoms with Gasteiger partial charge in [-0.05, 0) is 13.0 Å². The molecular formula is C13H20F3N5. The summed E-state index contributed by atoms with van der Waals surface area (Å²) in [4.78, 5) is 12.7. The number of aromatic nitrogens is 2. The van der Waals surface area contributed by atoms with Crippen LogP contribution in [0.3, 0.4) is 0 Å². The molecule has 1 aromatic rings. The van der Waals surface area contributed by atoms with E-state index in [2.05, 4.69) is 25.1 Å². The van der Waals surface area contributed by atoms with Crippen molar-refractivity contribution >= 4 is 5.95 Å². The highest BCUT2D eigenvalue weighted by molar-refractivity contribution is 5.29. The number of piperazine rings is 1. The number of nitrogens with one attached hydrogen (secondary N) is 1. The Bertz CT molecular complexity index is 418. The average Bonchev–Trinajstić information content (AvgIpc) is 2.47. The van der Waals surface area contributed by atoms with Crippen LogP contribution in [0.25, 0.3) is 0 Å². The molecule has 1 N–H and O–H groups in total. The summed E-state index contributed by atoms with van der Waals surface area (Å²) in [7, 11) is 0. The SMILES string of the molecule is CC(CNCC(F)(F)F)N1CCN(c2ncccn2)CC1. The molecule has 1 aliphatic heterocycles. The fraction of sp³-hybridized carbons (Fsp3) is 0.692. The van der Waals surface area contributed by atoms with Gasteiger partial charge in [0, 0.05) is 51.2 Å². The lowest BCUT2D eigenvalue weighted by Gasteiger charge is -2.38. The molecule has 0 spiro atoms. The second-order valence-corrected chi connectivity index (χ2v) is 5.17. The molecule has 2 rings (SSSR count). The van der Waals surface area contributed by atoms with Gasteiger partial charge >= 0.3 is 6.18 Å². The Kier molecular flexibility index (Phi) is 5.35. The normalized spacial score (nSPS) is 18.8. The molecule has 0 aromatic carbocycles. The van der Waals surface area contributed by atoms with Crippen LogP contribution in [0, 0.1) is 0 Å². The van der Waals surface area contributed by atoms with Gasteiger partial charge in [0.05, 0.1) is 6.54 Å². The van der Waals surface area contributed by atoms with Gasteiger partial charge in [0.25, 0.3) is 0 Å². The Labute approximate surface area is 122 Å². The molecule has 1 unspecified atom stereocenters. The van der Waals surface area contributed by atoms with Crippen molar-refractivity contribution in [2.75, 3.05) is 44.2 Å². The predicted molar refractivity (Wildman–Crippen MR) is 74.2 cm³/mol. The third-order valence-corrected chi connectivity index (χ3v) is 3.54. The van der Waals surface area contributed by atoms with Gasteiger partial charge in [0.2, 0.25) is 5.95 Å². The first-order valence-electron chi connectivity index (χ1n) is 6.99. The minimum atomic E-state index is -4.15. The van der Waals surface area contributed by atoms with Crippen LogP contribution in [0.2, 0.25) is 0 Å².